The van der Waals surface area contributed by atoms with Gasteiger partial charge in [0.25, 0.3) is 0 Å². The van der Waals surface area contributed by atoms with Crippen LogP contribution in [0.1, 0.15) is 6.42 Å². The van der Waals surface area contributed by atoms with Gasteiger partial charge in [0.1, 0.15) is 11.5 Å². The highest BCUT2D eigenvalue weighted by molar-refractivity contribution is 6.32. The summed E-state index contributed by atoms with van der Waals surface area (Å²) in [5.74, 6) is 0.576. The number of carbonyl (C=O) groups excluding carboxylic acids is 1. The number of rotatable bonds is 6. The van der Waals surface area contributed by atoms with E-state index >= 15 is 0 Å². The lowest BCUT2D eigenvalue weighted by atomic mass is 10.2. The van der Waals surface area contributed by atoms with Gasteiger partial charge in [-0.3, -0.25) is 4.79 Å². The lowest BCUT2D eigenvalue weighted by Crippen LogP contribution is -2.35. The van der Waals surface area contributed by atoms with Crippen molar-refractivity contribution in [2.75, 3.05) is 19.5 Å². The lowest BCUT2D eigenvalue weighted by Gasteiger charge is -2.15. The summed E-state index contributed by atoms with van der Waals surface area (Å²) < 4.78 is 10.2. The van der Waals surface area contributed by atoms with Crippen LogP contribution in [0.4, 0.5) is 5.69 Å². The minimum absolute atomic E-state index is 0.334. The van der Waals surface area contributed by atoms with E-state index < -0.39 is 6.04 Å². The van der Waals surface area contributed by atoms with Crippen molar-refractivity contribution in [1.29, 1.82) is 0 Å². The number of halogens is 1. The van der Waals surface area contributed by atoms with Crippen LogP contribution in [0.25, 0.3) is 0 Å². The summed E-state index contributed by atoms with van der Waals surface area (Å²) in [5.41, 5.74) is 6.12. The third-order valence-electron chi connectivity index (χ3n) is 2.49. The number of carbonyl (C=O) groups is 1. The average molecular weight is 285 g/mol. The fraction of sp³-hybridized carbons (Fsp3) is 0.308. The normalized spacial score (nSPS) is 11.6. The SMILES string of the molecule is C=CCC(N)C(=O)Nc1cc(Cl)c(OC)cc1OC. The highest BCUT2D eigenvalue weighted by Gasteiger charge is 2.16. The molecule has 104 valence electrons. The molecular weight excluding hydrogens is 268 g/mol. The Labute approximate surface area is 117 Å². The van der Waals surface area contributed by atoms with Crippen LogP contribution in [-0.2, 0) is 4.79 Å². The maximum absolute atomic E-state index is 11.8. The van der Waals surface area contributed by atoms with E-state index in [9.17, 15) is 4.79 Å². The fourth-order valence-corrected chi connectivity index (χ4v) is 1.71. The van der Waals surface area contributed by atoms with Crippen molar-refractivity contribution in [1.82, 2.24) is 0 Å². The van der Waals surface area contributed by atoms with E-state index in [0.29, 0.717) is 28.6 Å². The molecule has 5 nitrogen and oxygen atoms in total. The number of hydrogen-bond donors (Lipinski definition) is 2. The van der Waals surface area contributed by atoms with Crippen molar-refractivity contribution in [2.24, 2.45) is 5.73 Å². The molecule has 0 aromatic heterocycles. The van der Waals surface area contributed by atoms with Crippen LogP contribution in [0.15, 0.2) is 24.8 Å². The Balaban J connectivity index is 2.97. The predicted octanol–water partition coefficient (Wildman–Crippen LogP) is 2.20. The first-order valence-corrected chi connectivity index (χ1v) is 6.00. The number of methoxy groups -OCH3 is 2. The number of hydrogen-bond acceptors (Lipinski definition) is 4. The smallest absolute Gasteiger partial charge is 0.241 e. The first-order valence-electron chi connectivity index (χ1n) is 5.62. The number of nitrogens with one attached hydrogen (secondary N) is 1. The van der Waals surface area contributed by atoms with Crippen LogP contribution in [0.3, 0.4) is 0 Å². The molecule has 0 heterocycles. The van der Waals surface area contributed by atoms with Gasteiger partial charge in [-0.15, -0.1) is 6.58 Å². The van der Waals surface area contributed by atoms with E-state index in [0.717, 1.165) is 0 Å². The number of amides is 1. The third-order valence-corrected chi connectivity index (χ3v) is 2.78. The molecule has 1 rings (SSSR count). The van der Waals surface area contributed by atoms with Crippen molar-refractivity contribution in [3.63, 3.8) is 0 Å². The van der Waals surface area contributed by atoms with Crippen molar-refractivity contribution >= 4 is 23.2 Å². The lowest BCUT2D eigenvalue weighted by molar-refractivity contribution is -0.117. The Morgan fingerprint density at radius 3 is 2.63 bits per heavy atom. The Kier molecular flexibility index (Phi) is 5.66. The second kappa shape index (κ2) is 7.01. The minimum atomic E-state index is -0.664. The maximum atomic E-state index is 11.8. The molecule has 0 spiro atoms. The Hall–Kier alpha value is -1.72. The molecule has 19 heavy (non-hydrogen) atoms. The zero-order chi connectivity index (χ0) is 14.4. The van der Waals surface area contributed by atoms with Crippen LogP contribution in [0.2, 0.25) is 5.02 Å². The van der Waals surface area contributed by atoms with Gasteiger partial charge in [0.05, 0.1) is 31.0 Å². The number of ether oxygens (including phenoxy) is 2. The van der Waals surface area contributed by atoms with E-state index in [-0.39, 0.29) is 5.91 Å². The molecule has 0 radical (unpaired) electrons. The molecule has 0 aliphatic carbocycles. The number of benzene rings is 1. The molecular formula is C13H17ClN2O3. The number of anilines is 1. The van der Waals surface area contributed by atoms with Crippen LogP contribution in [0.5, 0.6) is 11.5 Å². The standard InChI is InChI=1S/C13H17ClN2O3/c1-4-5-9(15)13(17)16-10-6-8(14)11(18-2)7-12(10)19-3/h4,6-7,9H,1,5,15H2,2-3H3,(H,16,17). The Morgan fingerprint density at radius 2 is 2.11 bits per heavy atom. The first kappa shape index (κ1) is 15.3. The molecule has 0 fully saturated rings. The second-order valence-electron chi connectivity index (χ2n) is 3.81. The van der Waals surface area contributed by atoms with E-state index in [1.54, 1.807) is 18.2 Å². The van der Waals surface area contributed by atoms with Gasteiger partial charge in [0.15, 0.2) is 0 Å². The largest absolute Gasteiger partial charge is 0.495 e. The van der Waals surface area contributed by atoms with Gasteiger partial charge in [0, 0.05) is 6.07 Å². The molecule has 0 saturated heterocycles. The molecule has 0 bridgehead atoms. The molecule has 1 amide bonds. The number of nitrogens with two attached hydrogens (primary N) is 1. The molecule has 3 N–H and O–H groups in total. The fourth-order valence-electron chi connectivity index (χ4n) is 1.47. The van der Waals surface area contributed by atoms with Gasteiger partial charge < -0.3 is 20.5 Å². The maximum Gasteiger partial charge on any atom is 0.241 e. The molecule has 0 saturated carbocycles. The van der Waals surface area contributed by atoms with Crippen LogP contribution >= 0.6 is 11.6 Å². The highest BCUT2D eigenvalue weighted by atomic mass is 35.5. The van der Waals surface area contributed by atoms with E-state index in [4.69, 9.17) is 26.8 Å². The van der Waals surface area contributed by atoms with E-state index in [2.05, 4.69) is 11.9 Å². The third kappa shape index (κ3) is 3.87. The Morgan fingerprint density at radius 1 is 1.47 bits per heavy atom. The van der Waals surface area contributed by atoms with Gasteiger partial charge in [-0.05, 0) is 12.5 Å². The summed E-state index contributed by atoms with van der Waals surface area (Å²) in [6, 6.07) is 2.48. The van der Waals surface area contributed by atoms with E-state index in [1.807, 2.05) is 0 Å². The topological polar surface area (TPSA) is 73.6 Å². The van der Waals surface area contributed by atoms with Crippen LogP contribution < -0.4 is 20.5 Å². The van der Waals surface area contributed by atoms with Crippen LogP contribution in [-0.4, -0.2) is 26.2 Å². The summed E-state index contributed by atoms with van der Waals surface area (Å²) >= 11 is 6.00. The zero-order valence-corrected chi connectivity index (χ0v) is 11.7. The molecule has 0 aliphatic heterocycles. The molecule has 1 unspecified atom stereocenters. The average Bonchev–Trinajstić information content (AvgIpc) is 2.39. The van der Waals surface area contributed by atoms with Crippen molar-refractivity contribution in [2.45, 2.75) is 12.5 Å². The van der Waals surface area contributed by atoms with Crippen molar-refractivity contribution in [3.8, 4) is 11.5 Å². The second-order valence-corrected chi connectivity index (χ2v) is 4.21. The molecule has 1 atom stereocenters. The van der Waals surface area contributed by atoms with Gasteiger partial charge in [-0.1, -0.05) is 17.7 Å². The summed E-state index contributed by atoms with van der Waals surface area (Å²) in [5, 5.41) is 3.03. The molecule has 0 aliphatic rings. The van der Waals surface area contributed by atoms with E-state index in [1.165, 1.54) is 14.2 Å². The molecule has 1 aromatic rings. The van der Waals surface area contributed by atoms with Crippen molar-refractivity contribution < 1.29 is 14.3 Å². The monoisotopic (exact) mass is 284 g/mol. The van der Waals surface area contributed by atoms with Crippen molar-refractivity contribution in [3.05, 3.63) is 29.8 Å². The highest BCUT2D eigenvalue weighted by Crippen LogP contribution is 2.35. The Bertz CT molecular complexity index is 477. The summed E-state index contributed by atoms with van der Waals surface area (Å²) in [6.07, 6.45) is 1.97. The summed E-state index contributed by atoms with van der Waals surface area (Å²) in [4.78, 5) is 11.8. The minimum Gasteiger partial charge on any atom is -0.495 e. The first-order chi connectivity index (χ1) is 9.03. The predicted molar refractivity (Wildman–Crippen MR) is 76.0 cm³/mol. The van der Waals surface area contributed by atoms with Gasteiger partial charge in [0.2, 0.25) is 5.91 Å². The van der Waals surface area contributed by atoms with Crippen LogP contribution in [0, 0.1) is 0 Å². The summed E-state index contributed by atoms with van der Waals surface area (Å²) in [7, 11) is 2.99. The van der Waals surface area contributed by atoms with Gasteiger partial charge >= 0.3 is 0 Å². The summed E-state index contributed by atoms with van der Waals surface area (Å²) in [6.45, 7) is 3.54. The zero-order valence-electron chi connectivity index (χ0n) is 10.9. The quantitative estimate of drug-likeness (QED) is 0.786. The molecule has 6 heteroatoms. The van der Waals surface area contributed by atoms with Gasteiger partial charge in [-0.2, -0.15) is 0 Å². The molecule has 1 aromatic carbocycles. The van der Waals surface area contributed by atoms with Gasteiger partial charge in [-0.25, -0.2) is 0 Å².